The van der Waals surface area contributed by atoms with Crippen molar-refractivity contribution in [2.24, 2.45) is 0 Å². The Morgan fingerprint density at radius 2 is 2.00 bits per heavy atom. The number of aliphatic carboxylic acids is 1. The molecule has 7 nitrogen and oxygen atoms in total. The SMILES string of the molecule is COC(=O)C(C)S(=O)(=O)NC(CCSC)C(=O)O. The molecule has 0 aromatic heterocycles. The summed E-state index contributed by atoms with van der Waals surface area (Å²) in [6.07, 6.45) is 1.92. The Morgan fingerprint density at radius 1 is 1.44 bits per heavy atom. The Balaban J connectivity index is 4.80. The maximum atomic E-state index is 11.7. The molecule has 0 aliphatic carbocycles. The molecule has 0 fully saturated rings. The van der Waals surface area contributed by atoms with E-state index >= 15 is 0 Å². The molecule has 2 unspecified atom stereocenters. The number of methoxy groups -OCH3 is 1. The van der Waals surface area contributed by atoms with Crippen LogP contribution < -0.4 is 4.72 Å². The molecule has 106 valence electrons. The number of ether oxygens (including phenoxy) is 1. The van der Waals surface area contributed by atoms with Crippen LogP contribution in [0.4, 0.5) is 0 Å². The summed E-state index contributed by atoms with van der Waals surface area (Å²) in [5.74, 6) is -1.72. The van der Waals surface area contributed by atoms with Crippen LogP contribution in [0.15, 0.2) is 0 Å². The number of carbonyl (C=O) groups is 2. The van der Waals surface area contributed by atoms with Crippen molar-refractivity contribution in [2.75, 3.05) is 19.1 Å². The minimum absolute atomic E-state index is 0.142. The van der Waals surface area contributed by atoms with E-state index in [2.05, 4.69) is 4.74 Å². The Bertz CT molecular complexity index is 394. The highest BCUT2D eigenvalue weighted by Crippen LogP contribution is 2.06. The lowest BCUT2D eigenvalue weighted by molar-refractivity contribution is -0.140. The molecule has 0 radical (unpaired) electrons. The molecule has 0 saturated carbocycles. The molecule has 0 aromatic carbocycles. The van der Waals surface area contributed by atoms with Crippen molar-refractivity contribution in [2.45, 2.75) is 24.6 Å². The zero-order chi connectivity index (χ0) is 14.3. The van der Waals surface area contributed by atoms with E-state index in [1.165, 1.54) is 11.8 Å². The Kier molecular flexibility index (Phi) is 7.26. The molecule has 0 rings (SSSR count). The van der Waals surface area contributed by atoms with Gasteiger partial charge in [-0.05, 0) is 25.4 Å². The normalized spacial score (nSPS) is 14.8. The van der Waals surface area contributed by atoms with Crippen LogP contribution in [0.3, 0.4) is 0 Å². The molecule has 0 aliphatic heterocycles. The largest absolute Gasteiger partial charge is 0.480 e. The molecule has 0 saturated heterocycles. The van der Waals surface area contributed by atoms with Crippen LogP contribution in [0.25, 0.3) is 0 Å². The first kappa shape index (κ1) is 17.2. The second-order valence-electron chi connectivity index (χ2n) is 3.50. The van der Waals surface area contributed by atoms with E-state index in [0.717, 1.165) is 14.0 Å². The van der Waals surface area contributed by atoms with E-state index in [1.807, 2.05) is 4.72 Å². The first-order valence-electron chi connectivity index (χ1n) is 5.07. The molecule has 0 aliphatic rings. The van der Waals surface area contributed by atoms with Crippen LogP contribution in [-0.2, 0) is 24.3 Å². The number of hydrogen-bond donors (Lipinski definition) is 2. The summed E-state index contributed by atoms with van der Waals surface area (Å²) in [5.41, 5.74) is 0. The maximum Gasteiger partial charge on any atom is 0.325 e. The fourth-order valence-electron chi connectivity index (χ4n) is 1.06. The summed E-state index contributed by atoms with van der Waals surface area (Å²) in [6.45, 7) is 1.14. The number of rotatable bonds is 8. The van der Waals surface area contributed by atoms with Gasteiger partial charge in [-0.3, -0.25) is 9.59 Å². The lowest BCUT2D eigenvalue weighted by Gasteiger charge is -2.17. The first-order chi connectivity index (χ1) is 8.26. The van der Waals surface area contributed by atoms with Crippen LogP contribution in [0.5, 0.6) is 0 Å². The number of carboxylic acids is 1. The average Bonchev–Trinajstić information content (AvgIpc) is 2.31. The van der Waals surface area contributed by atoms with Crippen LogP contribution in [-0.4, -0.2) is 55.9 Å². The van der Waals surface area contributed by atoms with Gasteiger partial charge in [0, 0.05) is 0 Å². The summed E-state index contributed by atoms with van der Waals surface area (Å²) in [5, 5.41) is 7.44. The number of esters is 1. The fourth-order valence-corrected chi connectivity index (χ4v) is 2.70. The van der Waals surface area contributed by atoms with Gasteiger partial charge in [-0.25, -0.2) is 13.1 Å². The minimum Gasteiger partial charge on any atom is -0.480 e. The van der Waals surface area contributed by atoms with E-state index in [9.17, 15) is 18.0 Å². The molecule has 0 bridgehead atoms. The number of thioether (sulfide) groups is 1. The molecule has 0 heterocycles. The van der Waals surface area contributed by atoms with Gasteiger partial charge in [-0.1, -0.05) is 0 Å². The van der Waals surface area contributed by atoms with Crippen molar-refractivity contribution >= 4 is 33.7 Å². The van der Waals surface area contributed by atoms with Gasteiger partial charge in [0.1, 0.15) is 6.04 Å². The van der Waals surface area contributed by atoms with Crippen molar-refractivity contribution in [3.8, 4) is 0 Å². The van der Waals surface area contributed by atoms with Crippen molar-refractivity contribution in [3.63, 3.8) is 0 Å². The van der Waals surface area contributed by atoms with Gasteiger partial charge in [-0.15, -0.1) is 0 Å². The monoisotopic (exact) mass is 299 g/mol. The number of hydrogen-bond acceptors (Lipinski definition) is 6. The minimum atomic E-state index is -4.06. The predicted octanol–water partition coefficient (Wildman–Crippen LogP) is -0.326. The van der Waals surface area contributed by atoms with E-state index in [-0.39, 0.29) is 6.42 Å². The van der Waals surface area contributed by atoms with E-state index in [0.29, 0.717) is 5.75 Å². The topological polar surface area (TPSA) is 110 Å². The molecule has 0 aromatic rings. The third-order valence-corrected chi connectivity index (χ3v) is 4.59. The standard InChI is InChI=1S/C9H17NO6S2/c1-6(9(13)16-2)18(14,15)10-7(8(11)12)4-5-17-3/h6-7,10H,4-5H2,1-3H3,(H,11,12). The third-order valence-electron chi connectivity index (χ3n) is 2.21. The fraction of sp³-hybridized carbons (Fsp3) is 0.778. The van der Waals surface area contributed by atoms with Crippen molar-refractivity contribution < 1.29 is 27.9 Å². The smallest absolute Gasteiger partial charge is 0.325 e. The van der Waals surface area contributed by atoms with Gasteiger partial charge in [0.15, 0.2) is 5.25 Å². The highest BCUT2D eigenvalue weighted by molar-refractivity contribution is 7.98. The molecular weight excluding hydrogens is 282 g/mol. The van der Waals surface area contributed by atoms with Crippen LogP contribution >= 0.6 is 11.8 Å². The zero-order valence-electron chi connectivity index (χ0n) is 10.4. The van der Waals surface area contributed by atoms with Gasteiger partial charge >= 0.3 is 11.9 Å². The van der Waals surface area contributed by atoms with E-state index in [1.54, 1.807) is 6.26 Å². The molecule has 18 heavy (non-hydrogen) atoms. The summed E-state index contributed by atoms with van der Waals surface area (Å²) < 4.78 is 29.8. The molecular formula is C9H17NO6S2. The highest BCUT2D eigenvalue weighted by atomic mass is 32.2. The van der Waals surface area contributed by atoms with Gasteiger partial charge in [0.2, 0.25) is 10.0 Å². The molecule has 0 amide bonds. The van der Waals surface area contributed by atoms with E-state index in [4.69, 9.17) is 5.11 Å². The summed E-state index contributed by atoms with van der Waals surface area (Å²) in [4.78, 5) is 22.0. The summed E-state index contributed by atoms with van der Waals surface area (Å²) in [6, 6.07) is -1.24. The number of carboxylic acid groups (broad SMARTS) is 1. The van der Waals surface area contributed by atoms with Crippen molar-refractivity contribution in [1.29, 1.82) is 0 Å². The predicted molar refractivity (Wildman–Crippen MR) is 68.0 cm³/mol. The van der Waals surface area contributed by atoms with Crippen molar-refractivity contribution in [1.82, 2.24) is 4.72 Å². The van der Waals surface area contributed by atoms with Crippen molar-refractivity contribution in [3.05, 3.63) is 0 Å². The second-order valence-corrected chi connectivity index (χ2v) is 6.52. The van der Waals surface area contributed by atoms with Crippen LogP contribution in [0, 0.1) is 0 Å². The van der Waals surface area contributed by atoms with E-state index < -0.39 is 33.3 Å². The van der Waals surface area contributed by atoms with Crippen LogP contribution in [0.1, 0.15) is 13.3 Å². The lowest BCUT2D eigenvalue weighted by Crippen LogP contribution is -2.47. The summed E-state index contributed by atoms with van der Waals surface area (Å²) >= 11 is 1.40. The van der Waals surface area contributed by atoms with Crippen LogP contribution in [0.2, 0.25) is 0 Å². The van der Waals surface area contributed by atoms with Gasteiger partial charge < -0.3 is 9.84 Å². The number of carbonyl (C=O) groups excluding carboxylic acids is 1. The molecule has 2 N–H and O–H groups in total. The molecule has 0 spiro atoms. The second kappa shape index (κ2) is 7.59. The zero-order valence-corrected chi connectivity index (χ0v) is 12.0. The highest BCUT2D eigenvalue weighted by Gasteiger charge is 2.32. The Hall–Kier alpha value is -0.800. The number of nitrogens with one attached hydrogen (secondary N) is 1. The molecule has 2 atom stereocenters. The Morgan fingerprint density at radius 3 is 2.39 bits per heavy atom. The van der Waals surface area contributed by atoms with Gasteiger partial charge in [-0.2, -0.15) is 11.8 Å². The first-order valence-corrected chi connectivity index (χ1v) is 8.01. The van der Waals surface area contributed by atoms with Gasteiger partial charge in [0.25, 0.3) is 0 Å². The maximum absolute atomic E-state index is 11.7. The lowest BCUT2D eigenvalue weighted by atomic mass is 10.2. The van der Waals surface area contributed by atoms with Gasteiger partial charge in [0.05, 0.1) is 7.11 Å². The molecule has 9 heteroatoms. The quantitative estimate of drug-likeness (QED) is 0.591. The summed E-state index contributed by atoms with van der Waals surface area (Å²) in [7, 11) is -2.99. The number of sulfonamides is 1. The Labute approximate surface area is 110 Å². The third kappa shape index (κ3) is 5.23. The average molecular weight is 299 g/mol.